The number of aryl methyl sites for hydroxylation is 3. The topological polar surface area (TPSA) is 106 Å². The van der Waals surface area contributed by atoms with Crippen molar-refractivity contribution < 1.29 is 27.1 Å². The summed E-state index contributed by atoms with van der Waals surface area (Å²) in [4.78, 5) is 26.5. The lowest BCUT2D eigenvalue weighted by Gasteiger charge is -2.22. The number of nitrogens with one attached hydrogen (secondary N) is 1. The number of hydrogen-bond donors (Lipinski definition) is 1. The second-order valence-electron chi connectivity index (χ2n) is 13.2. The molecule has 1 fully saturated rings. The quantitative estimate of drug-likeness (QED) is 0.168. The highest BCUT2D eigenvalue weighted by Crippen LogP contribution is 2.52. The van der Waals surface area contributed by atoms with Crippen molar-refractivity contribution in [2.45, 2.75) is 57.0 Å². The number of nitrogens with zero attached hydrogens (tertiary/aromatic N) is 5. The van der Waals surface area contributed by atoms with Crippen LogP contribution < -0.4 is 10.1 Å². The van der Waals surface area contributed by atoms with Gasteiger partial charge in [0, 0.05) is 42.1 Å². The van der Waals surface area contributed by atoms with Crippen molar-refractivity contribution in [1.29, 1.82) is 0 Å². The number of alkyl halides is 2. The predicted octanol–water partition coefficient (Wildman–Crippen LogP) is 8.28. The van der Waals surface area contributed by atoms with E-state index >= 15 is 8.78 Å². The van der Waals surface area contributed by atoms with Crippen LogP contribution in [-0.4, -0.2) is 50.5 Å². The van der Waals surface area contributed by atoms with Crippen LogP contribution in [0.2, 0.25) is 0 Å². The van der Waals surface area contributed by atoms with Crippen molar-refractivity contribution in [2.24, 2.45) is 0 Å². The number of halogens is 3. The molecule has 1 saturated heterocycles. The fraction of sp³-hybridized carbons (Fsp3) is 0.289. The third-order valence-corrected chi connectivity index (χ3v) is 11.3. The van der Waals surface area contributed by atoms with Crippen molar-refractivity contribution in [1.82, 2.24) is 25.1 Å². The first-order chi connectivity index (χ1) is 24.7. The van der Waals surface area contributed by atoms with Gasteiger partial charge in [0.25, 0.3) is 11.8 Å². The summed E-state index contributed by atoms with van der Waals surface area (Å²) in [5.41, 5.74) is 4.95. The van der Waals surface area contributed by atoms with Crippen molar-refractivity contribution in [3.05, 3.63) is 106 Å². The first kappa shape index (κ1) is 31.7. The summed E-state index contributed by atoms with van der Waals surface area (Å²) in [6.45, 7) is 2.33. The van der Waals surface area contributed by atoms with Crippen LogP contribution in [0.5, 0.6) is 5.75 Å². The SMILES string of the molecule is COc1cccc2c1CC(F)(F)[C@H]2Nc1nccc2cc(-c3c4c(nc(CCc5ccc(F)cc5)c3-c3nnc(C)o3)[C@H]3CCCN3C4=O)sc12. The summed E-state index contributed by atoms with van der Waals surface area (Å²) >= 11 is 1.36. The molecular formula is C38H31F3N6O3S. The highest BCUT2D eigenvalue weighted by Gasteiger charge is 2.49. The number of rotatable bonds is 8. The number of thiophene rings is 1. The van der Waals surface area contributed by atoms with Crippen LogP contribution in [0.3, 0.4) is 0 Å². The average Bonchev–Trinajstić information content (AvgIpc) is 3.95. The molecule has 2 aromatic carbocycles. The van der Waals surface area contributed by atoms with Crippen molar-refractivity contribution >= 4 is 33.1 Å². The second kappa shape index (κ2) is 11.9. The Morgan fingerprint density at radius 2 is 1.92 bits per heavy atom. The highest BCUT2D eigenvalue weighted by atomic mass is 32.1. The maximum Gasteiger partial charge on any atom is 0.276 e. The summed E-state index contributed by atoms with van der Waals surface area (Å²) in [6.07, 6.45) is 3.84. The summed E-state index contributed by atoms with van der Waals surface area (Å²) in [7, 11) is 1.48. The van der Waals surface area contributed by atoms with E-state index in [9.17, 15) is 9.18 Å². The fourth-order valence-electron chi connectivity index (χ4n) is 7.83. The molecule has 0 saturated carbocycles. The number of methoxy groups -OCH3 is 1. The number of benzene rings is 2. The zero-order chi connectivity index (χ0) is 35.0. The van der Waals surface area contributed by atoms with Gasteiger partial charge in [-0.15, -0.1) is 21.5 Å². The van der Waals surface area contributed by atoms with Crippen LogP contribution in [0.4, 0.5) is 19.0 Å². The first-order valence-corrected chi connectivity index (χ1v) is 17.6. The van der Waals surface area contributed by atoms with Crippen molar-refractivity contribution in [3.63, 3.8) is 0 Å². The molecular weight excluding hydrogens is 678 g/mol. The van der Waals surface area contributed by atoms with Gasteiger partial charge in [-0.1, -0.05) is 24.3 Å². The van der Waals surface area contributed by atoms with Crippen LogP contribution in [0.25, 0.3) is 32.0 Å². The second-order valence-corrected chi connectivity index (χ2v) is 14.3. The number of carbonyl (C=O) groups is 1. The van der Waals surface area contributed by atoms with Crippen LogP contribution >= 0.6 is 11.3 Å². The monoisotopic (exact) mass is 708 g/mol. The molecule has 9 nitrogen and oxygen atoms in total. The molecule has 1 N–H and O–H groups in total. The van der Waals surface area contributed by atoms with E-state index in [1.807, 2.05) is 17.0 Å². The van der Waals surface area contributed by atoms with Gasteiger partial charge in [-0.3, -0.25) is 9.78 Å². The van der Waals surface area contributed by atoms with Gasteiger partial charge >= 0.3 is 0 Å². The highest BCUT2D eigenvalue weighted by molar-refractivity contribution is 7.23. The van der Waals surface area contributed by atoms with Crippen LogP contribution in [0.15, 0.2) is 65.2 Å². The molecule has 4 aromatic heterocycles. The Bertz CT molecular complexity index is 2360. The van der Waals surface area contributed by atoms with Crippen molar-refractivity contribution in [3.8, 4) is 27.6 Å². The van der Waals surface area contributed by atoms with Gasteiger partial charge in [0.15, 0.2) is 0 Å². The molecule has 3 aliphatic rings. The van der Waals surface area contributed by atoms with E-state index in [0.717, 1.165) is 28.7 Å². The van der Waals surface area contributed by atoms with Crippen molar-refractivity contribution in [2.75, 3.05) is 19.0 Å². The van der Waals surface area contributed by atoms with Crippen LogP contribution in [0, 0.1) is 12.7 Å². The van der Waals surface area contributed by atoms with Crippen LogP contribution in [-0.2, 0) is 19.3 Å². The Balaban J connectivity index is 1.21. The standard InChI is InChI=1S/C38H31F3N6O3S/c1-19-45-46-36(50-19)29-25(13-10-20-8-11-22(39)12-9-20)43-32-26-6-4-16-47(26)37(48)31(32)30(29)28-17-21-14-15-42-35(33(21)51-28)44-34-23-5-3-7-27(49-2)24(23)18-38(34,40)41/h3,5,7-9,11-12,14-15,17,26,34H,4,6,10,13,16,18H2,1-2H3,(H,42,44)/t26-,34+/m1/s1. The van der Waals surface area contributed by atoms with Gasteiger partial charge in [-0.25, -0.2) is 18.2 Å². The minimum absolute atomic E-state index is 0.109. The molecule has 6 heterocycles. The molecule has 1 aliphatic carbocycles. The maximum absolute atomic E-state index is 15.6. The lowest BCUT2D eigenvalue weighted by atomic mass is 9.93. The smallest absolute Gasteiger partial charge is 0.276 e. The normalized spacial score (nSPS) is 18.7. The molecule has 1 amide bonds. The Labute approximate surface area is 294 Å². The Hall–Kier alpha value is -5.30. The van der Waals surface area contributed by atoms with E-state index in [1.54, 1.807) is 43.5 Å². The first-order valence-electron chi connectivity index (χ1n) is 16.8. The third kappa shape index (κ3) is 5.16. The van der Waals surface area contributed by atoms with Gasteiger partial charge in [0.1, 0.15) is 23.4 Å². The molecule has 9 rings (SSSR count). The van der Waals surface area contributed by atoms with Gasteiger partial charge in [-0.2, -0.15) is 0 Å². The zero-order valence-electron chi connectivity index (χ0n) is 27.7. The Kier molecular flexibility index (Phi) is 7.39. The molecule has 2 aliphatic heterocycles. The molecule has 6 aromatic rings. The number of carbonyl (C=O) groups excluding carboxylic acids is 1. The van der Waals surface area contributed by atoms with Gasteiger partial charge in [0.05, 0.1) is 40.4 Å². The fourth-order valence-corrected chi connectivity index (χ4v) is 8.99. The number of aromatic nitrogens is 4. The van der Waals surface area contributed by atoms with E-state index in [-0.39, 0.29) is 23.7 Å². The van der Waals surface area contributed by atoms with Gasteiger partial charge in [0.2, 0.25) is 11.8 Å². The molecule has 2 atom stereocenters. The maximum atomic E-state index is 15.6. The Morgan fingerprint density at radius 3 is 2.71 bits per heavy atom. The molecule has 0 bridgehead atoms. The molecule has 258 valence electrons. The van der Waals surface area contributed by atoms with E-state index in [2.05, 4.69) is 20.5 Å². The molecule has 0 radical (unpaired) electrons. The van der Waals surface area contributed by atoms with E-state index < -0.39 is 18.4 Å². The number of hydrogen-bond acceptors (Lipinski definition) is 9. The summed E-state index contributed by atoms with van der Waals surface area (Å²) in [6, 6.07) is 13.8. The lowest BCUT2D eigenvalue weighted by molar-refractivity contribution is -0.00734. The number of amides is 1. The number of ether oxygens (including phenoxy) is 1. The molecule has 51 heavy (non-hydrogen) atoms. The summed E-state index contributed by atoms with van der Waals surface area (Å²) in [5.74, 6) is -2.18. The largest absolute Gasteiger partial charge is 0.496 e. The minimum atomic E-state index is -3.09. The average molecular weight is 709 g/mol. The van der Waals surface area contributed by atoms with E-state index in [1.165, 1.54) is 30.6 Å². The molecule has 13 heteroatoms. The lowest BCUT2D eigenvalue weighted by Crippen LogP contribution is -2.28. The van der Waals surface area contributed by atoms with E-state index in [0.29, 0.717) is 80.7 Å². The Morgan fingerprint density at radius 1 is 1.08 bits per heavy atom. The summed E-state index contributed by atoms with van der Waals surface area (Å²) in [5, 5.41) is 12.4. The molecule has 0 unspecified atom stereocenters. The minimum Gasteiger partial charge on any atom is -0.496 e. The number of pyridine rings is 2. The predicted molar refractivity (Wildman–Crippen MR) is 186 cm³/mol. The number of anilines is 1. The van der Waals surface area contributed by atoms with Crippen LogP contribution in [0.1, 0.15) is 69.3 Å². The van der Waals surface area contributed by atoms with Gasteiger partial charge in [-0.05, 0) is 72.5 Å². The zero-order valence-corrected chi connectivity index (χ0v) is 28.5. The van der Waals surface area contributed by atoms with E-state index in [4.69, 9.17) is 14.1 Å². The number of fused-ring (bicyclic) bond motifs is 5. The third-order valence-electron chi connectivity index (χ3n) is 10.1. The molecule has 0 spiro atoms. The summed E-state index contributed by atoms with van der Waals surface area (Å²) < 4.78 is 57.1. The van der Waals surface area contributed by atoms with Gasteiger partial charge < -0.3 is 19.4 Å².